The predicted octanol–water partition coefficient (Wildman–Crippen LogP) is 5.83. The van der Waals surface area contributed by atoms with Crippen LogP contribution in [0.5, 0.6) is 0 Å². The highest BCUT2D eigenvalue weighted by Crippen LogP contribution is 2.41. The highest BCUT2D eigenvalue weighted by atomic mass is 19.1. The van der Waals surface area contributed by atoms with Gasteiger partial charge in [-0.1, -0.05) is 13.8 Å². The van der Waals surface area contributed by atoms with Crippen LogP contribution >= 0.6 is 0 Å². The predicted molar refractivity (Wildman–Crippen MR) is 139 cm³/mol. The van der Waals surface area contributed by atoms with Crippen molar-refractivity contribution >= 4 is 17.2 Å². The highest BCUT2D eigenvalue weighted by molar-refractivity contribution is 5.66. The zero-order chi connectivity index (χ0) is 26.1. The zero-order valence-electron chi connectivity index (χ0n) is 21.3. The van der Waals surface area contributed by atoms with Gasteiger partial charge in [-0.25, -0.2) is 13.8 Å². The minimum Gasteiger partial charge on any atom is -0.377 e. The average molecular weight is 507 g/mol. The fraction of sp³-hybridized carbons (Fsp3) is 0.393. The van der Waals surface area contributed by atoms with Gasteiger partial charge >= 0.3 is 0 Å². The summed E-state index contributed by atoms with van der Waals surface area (Å²) in [6.45, 7) is 6.90. The Labute approximate surface area is 215 Å². The highest BCUT2D eigenvalue weighted by Gasteiger charge is 2.32. The molecule has 1 aliphatic carbocycles. The lowest BCUT2D eigenvalue weighted by Crippen LogP contribution is -2.39. The maximum Gasteiger partial charge on any atom is 0.229 e. The van der Waals surface area contributed by atoms with Gasteiger partial charge in [-0.3, -0.25) is 4.98 Å². The second-order valence-corrected chi connectivity index (χ2v) is 9.97. The van der Waals surface area contributed by atoms with E-state index >= 15 is 0 Å². The first-order valence-corrected chi connectivity index (χ1v) is 12.7. The molecule has 4 aromatic rings. The van der Waals surface area contributed by atoms with Crippen molar-refractivity contribution in [3.63, 3.8) is 0 Å². The molecule has 9 heteroatoms. The van der Waals surface area contributed by atoms with Crippen LogP contribution in [0.3, 0.4) is 0 Å². The molecule has 0 radical (unpaired) electrons. The summed E-state index contributed by atoms with van der Waals surface area (Å²) in [6.07, 6.45) is 7.15. The molecule has 1 saturated carbocycles. The number of ether oxygens (including phenoxy) is 1. The summed E-state index contributed by atoms with van der Waals surface area (Å²) in [6, 6.07) is 8.05. The largest absolute Gasteiger partial charge is 0.377 e. The molecule has 4 atom stereocenters. The summed E-state index contributed by atoms with van der Waals surface area (Å²) in [5.41, 5.74) is 9.49. The average Bonchev–Trinajstić information content (AvgIpc) is 3.27. The van der Waals surface area contributed by atoms with Crippen LogP contribution in [0, 0.1) is 23.5 Å². The Balaban J connectivity index is 1.47. The first kappa shape index (κ1) is 25.2. The van der Waals surface area contributed by atoms with Crippen molar-refractivity contribution in [1.29, 1.82) is 0 Å². The molecular weight excluding hydrogens is 474 g/mol. The second kappa shape index (κ2) is 10.5. The van der Waals surface area contributed by atoms with Crippen LogP contribution in [0.15, 0.2) is 48.9 Å². The van der Waals surface area contributed by atoms with Crippen LogP contribution in [0.1, 0.15) is 50.7 Å². The number of benzene rings is 1. The number of nitrogens with zero attached hydrogens (tertiary/aromatic N) is 4. The van der Waals surface area contributed by atoms with E-state index in [9.17, 15) is 8.78 Å². The van der Waals surface area contributed by atoms with Crippen molar-refractivity contribution in [2.45, 2.75) is 52.2 Å². The van der Waals surface area contributed by atoms with Crippen molar-refractivity contribution < 1.29 is 13.5 Å². The molecule has 3 aromatic heterocycles. The molecule has 1 aliphatic rings. The first-order valence-electron chi connectivity index (χ1n) is 12.7. The van der Waals surface area contributed by atoms with Crippen LogP contribution < -0.4 is 11.1 Å². The van der Waals surface area contributed by atoms with Gasteiger partial charge in [0.1, 0.15) is 11.6 Å². The fourth-order valence-corrected chi connectivity index (χ4v) is 5.24. The summed E-state index contributed by atoms with van der Waals surface area (Å²) in [7, 11) is 0. The van der Waals surface area contributed by atoms with Crippen LogP contribution in [-0.2, 0) is 11.3 Å². The zero-order valence-corrected chi connectivity index (χ0v) is 21.3. The Morgan fingerprint density at radius 1 is 1.11 bits per heavy atom. The van der Waals surface area contributed by atoms with Gasteiger partial charge in [-0.2, -0.15) is 9.61 Å². The molecule has 0 saturated heterocycles. The molecular formula is C28H32F2N6O. The third kappa shape index (κ3) is 5.06. The van der Waals surface area contributed by atoms with Crippen molar-refractivity contribution in [2.75, 3.05) is 11.9 Å². The quantitative estimate of drug-likeness (QED) is 0.328. The van der Waals surface area contributed by atoms with Gasteiger partial charge in [0.25, 0.3) is 0 Å². The van der Waals surface area contributed by atoms with E-state index in [4.69, 9.17) is 10.5 Å². The third-order valence-corrected chi connectivity index (χ3v) is 7.54. The van der Waals surface area contributed by atoms with Crippen molar-refractivity contribution in [3.05, 3.63) is 71.7 Å². The Morgan fingerprint density at radius 2 is 1.89 bits per heavy atom. The number of rotatable bonds is 7. The van der Waals surface area contributed by atoms with Gasteiger partial charge in [0, 0.05) is 18.8 Å². The standard InChI is InChI=1S/C28H32F2N6O/c1-4-37-15-18-10-22(29)27(23(30)11-18)25-6-5-20-13-33-28(36(20)35-25)34-26-14-32-8-7-21(26)19-9-16(2)17(3)24(31)12-19/h5-8,10-11,13-14,16-17,19,24H,4,9,12,15,31H2,1-3H3,(H,33,34). The Hall–Kier alpha value is -3.43. The molecule has 4 unspecified atom stereocenters. The summed E-state index contributed by atoms with van der Waals surface area (Å²) in [4.78, 5) is 8.79. The van der Waals surface area contributed by atoms with Crippen molar-refractivity contribution in [1.82, 2.24) is 19.6 Å². The lowest BCUT2D eigenvalue weighted by molar-refractivity contribution is 0.133. The number of aromatic nitrogens is 4. The molecule has 7 nitrogen and oxygen atoms in total. The molecule has 0 bridgehead atoms. The molecule has 1 aromatic carbocycles. The molecule has 194 valence electrons. The van der Waals surface area contributed by atoms with Crippen LogP contribution in [0.2, 0.25) is 0 Å². The van der Waals surface area contributed by atoms with E-state index in [1.165, 1.54) is 12.1 Å². The van der Waals surface area contributed by atoms with Crippen molar-refractivity contribution in [3.8, 4) is 11.3 Å². The number of halogens is 2. The summed E-state index contributed by atoms with van der Waals surface area (Å²) in [5.74, 6) is 0.324. The lowest BCUT2D eigenvalue weighted by Gasteiger charge is -2.37. The second-order valence-electron chi connectivity index (χ2n) is 9.97. The van der Waals surface area contributed by atoms with E-state index in [1.54, 1.807) is 35.2 Å². The van der Waals surface area contributed by atoms with Gasteiger partial charge in [-0.15, -0.1) is 0 Å². The van der Waals surface area contributed by atoms with E-state index in [1.807, 2.05) is 13.0 Å². The molecule has 3 N–H and O–H groups in total. The van der Waals surface area contributed by atoms with Crippen molar-refractivity contribution in [2.24, 2.45) is 17.6 Å². The van der Waals surface area contributed by atoms with Gasteiger partial charge in [-0.05, 0) is 79.0 Å². The molecule has 0 amide bonds. The van der Waals surface area contributed by atoms with Crippen LogP contribution in [0.25, 0.3) is 16.8 Å². The van der Waals surface area contributed by atoms with E-state index < -0.39 is 11.6 Å². The molecule has 37 heavy (non-hydrogen) atoms. The van der Waals surface area contributed by atoms with Crippen LogP contribution in [0.4, 0.5) is 20.4 Å². The minimum absolute atomic E-state index is 0.135. The molecule has 5 rings (SSSR count). The summed E-state index contributed by atoms with van der Waals surface area (Å²) < 4.78 is 36.7. The monoisotopic (exact) mass is 506 g/mol. The number of imidazole rings is 1. The molecule has 0 aliphatic heterocycles. The maximum absolute atomic E-state index is 15.0. The van der Waals surface area contributed by atoms with Gasteiger partial charge in [0.15, 0.2) is 0 Å². The maximum atomic E-state index is 15.0. The van der Waals surface area contributed by atoms with Gasteiger partial charge in [0.05, 0.1) is 41.5 Å². The molecule has 0 spiro atoms. The van der Waals surface area contributed by atoms with Gasteiger partial charge < -0.3 is 15.8 Å². The van der Waals surface area contributed by atoms with E-state index in [0.29, 0.717) is 41.4 Å². The van der Waals surface area contributed by atoms with E-state index in [-0.39, 0.29) is 23.9 Å². The van der Waals surface area contributed by atoms with Crippen LogP contribution in [-0.4, -0.2) is 32.2 Å². The SMILES string of the molecule is CCOCc1cc(F)c(-c2ccc3cnc(Nc4cnccc4C4CC(C)C(C)C(N)C4)n3n2)c(F)c1. The minimum atomic E-state index is -0.692. The lowest BCUT2D eigenvalue weighted by atomic mass is 9.71. The van der Waals surface area contributed by atoms with E-state index in [0.717, 1.165) is 24.1 Å². The fourth-order valence-electron chi connectivity index (χ4n) is 5.24. The number of anilines is 2. The Bertz CT molecular complexity index is 1370. The first-order chi connectivity index (χ1) is 17.9. The Kier molecular flexibility index (Phi) is 7.17. The number of hydrogen-bond donors (Lipinski definition) is 2. The number of nitrogens with one attached hydrogen (secondary N) is 1. The van der Waals surface area contributed by atoms with Gasteiger partial charge in [0.2, 0.25) is 5.95 Å². The van der Waals surface area contributed by atoms with E-state index in [2.05, 4.69) is 34.2 Å². The number of fused-ring (bicyclic) bond motifs is 1. The molecule has 1 fully saturated rings. The summed E-state index contributed by atoms with van der Waals surface area (Å²) in [5, 5.41) is 7.89. The summed E-state index contributed by atoms with van der Waals surface area (Å²) >= 11 is 0. The third-order valence-electron chi connectivity index (χ3n) is 7.54. The number of nitrogens with two attached hydrogens (primary N) is 1. The smallest absolute Gasteiger partial charge is 0.229 e. The molecule has 3 heterocycles. The Morgan fingerprint density at radius 3 is 2.62 bits per heavy atom. The topological polar surface area (TPSA) is 90.4 Å². The normalized spacial score (nSPS) is 21.9. The number of pyridine rings is 1. The number of hydrogen-bond acceptors (Lipinski definition) is 6.